The molecule has 1 aliphatic carbocycles. The molecule has 2 amide bonds. The lowest BCUT2D eigenvalue weighted by molar-refractivity contribution is -0.123. The molecule has 132 valence electrons. The highest BCUT2D eigenvalue weighted by molar-refractivity contribution is 5.94. The maximum Gasteiger partial charge on any atom is 0.238 e. The van der Waals surface area contributed by atoms with Gasteiger partial charge in [0, 0.05) is 11.7 Å². The lowest BCUT2D eigenvalue weighted by atomic mass is 10.1. The number of hydrogen-bond acceptors (Lipinski definition) is 3. The Morgan fingerprint density at radius 2 is 1.67 bits per heavy atom. The van der Waals surface area contributed by atoms with Gasteiger partial charge in [0.2, 0.25) is 11.8 Å². The van der Waals surface area contributed by atoms with Crippen molar-refractivity contribution in [1.29, 1.82) is 0 Å². The predicted molar refractivity (Wildman–Crippen MR) is 97.1 cm³/mol. The summed E-state index contributed by atoms with van der Waals surface area (Å²) in [6.07, 6.45) is 2.41. The lowest BCUT2D eigenvalue weighted by Crippen LogP contribution is -2.42. The molecule has 24 heavy (non-hydrogen) atoms. The fourth-order valence-electron chi connectivity index (χ4n) is 3.12. The van der Waals surface area contributed by atoms with E-state index in [-0.39, 0.29) is 30.9 Å². The van der Waals surface area contributed by atoms with E-state index in [1.165, 1.54) is 18.4 Å². The van der Waals surface area contributed by atoms with Crippen molar-refractivity contribution in [2.24, 2.45) is 5.92 Å². The van der Waals surface area contributed by atoms with Gasteiger partial charge in [0.15, 0.2) is 0 Å². The fourth-order valence-corrected chi connectivity index (χ4v) is 3.12. The molecule has 0 heterocycles. The number of aryl methyl sites for hydroxylation is 3. The molecule has 1 aromatic rings. The van der Waals surface area contributed by atoms with E-state index in [9.17, 15) is 9.59 Å². The second-order valence-electron chi connectivity index (χ2n) is 7.19. The van der Waals surface area contributed by atoms with Crippen LogP contribution in [0.1, 0.15) is 36.5 Å². The number of benzene rings is 1. The third-order valence-corrected chi connectivity index (χ3v) is 4.49. The Labute approximate surface area is 144 Å². The van der Waals surface area contributed by atoms with E-state index in [1.807, 2.05) is 27.7 Å². The third kappa shape index (κ3) is 5.34. The van der Waals surface area contributed by atoms with Gasteiger partial charge in [-0.25, -0.2) is 0 Å². The largest absolute Gasteiger partial charge is 0.352 e. The molecule has 1 aromatic carbocycles. The first-order valence-corrected chi connectivity index (χ1v) is 8.62. The molecular weight excluding hydrogens is 302 g/mol. The van der Waals surface area contributed by atoms with Crippen molar-refractivity contribution in [2.75, 3.05) is 25.5 Å². The molecule has 2 rings (SSSR count). The van der Waals surface area contributed by atoms with E-state index in [0.29, 0.717) is 5.92 Å². The quantitative estimate of drug-likeness (QED) is 0.806. The zero-order valence-electron chi connectivity index (χ0n) is 15.4. The van der Waals surface area contributed by atoms with Crippen LogP contribution in [0.2, 0.25) is 0 Å². The first-order valence-electron chi connectivity index (χ1n) is 8.62. The summed E-state index contributed by atoms with van der Waals surface area (Å²) < 4.78 is 0. The van der Waals surface area contributed by atoms with Gasteiger partial charge < -0.3 is 10.6 Å². The summed E-state index contributed by atoms with van der Waals surface area (Å²) in [6.45, 7) is 8.50. The third-order valence-electron chi connectivity index (χ3n) is 4.49. The molecule has 0 aromatic heterocycles. The molecule has 1 saturated carbocycles. The van der Waals surface area contributed by atoms with Crippen molar-refractivity contribution in [2.45, 2.75) is 46.6 Å². The average molecular weight is 331 g/mol. The summed E-state index contributed by atoms with van der Waals surface area (Å²) in [4.78, 5) is 26.0. The molecule has 1 aliphatic rings. The van der Waals surface area contributed by atoms with Crippen molar-refractivity contribution in [3.63, 3.8) is 0 Å². The Kier molecular flexibility index (Phi) is 5.99. The summed E-state index contributed by atoms with van der Waals surface area (Å²) in [6, 6.07) is 4.34. The minimum absolute atomic E-state index is 0.0209. The second kappa shape index (κ2) is 7.79. The number of hydrogen-bond donors (Lipinski definition) is 2. The van der Waals surface area contributed by atoms with Crippen molar-refractivity contribution in [1.82, 2.24) is 10.2 Å². The molecule has 2 N–H and O–H groups in total. The highest BCUT2D eigenvalue weighted by atomic mass is 16.2. The zero-order valence-corrected chi connectivity index (χ0v) is 15.4. The summed E-state index contributed by atoms with van der Waals surface area (Å²) in [5, 5.41) is 5.97. The minimum atomic E-state index is -0.101. The topological polar surface area (TPSA) is 61.4 Å². The van der Waals surface area contributed by atoms with Gasteiger partial charge >= 0.3 is 0 Å². The van der Waals surface area contributed by atoms with Gasteiger partial charge in [-0.1, -0.05) is 17.7 Å². The lowest BCUT2D eigenvalue weighted by Gasteiger charge is -2.19. The Hall–Kier alpha value is -1.88. The van der Waals surface area contributed by atoms with Gasteiger partial charge in [0.25, 0.3) is 0 Å². The Morgan fingerprint density at radius 1 is 1.12 bits per heavy atom. The van der Waals surface area contributed by atoms with E-state index < -0.39 is 0 Å². The van der Waals surface area contributed by atoms with Crippen LogP contribution in [0.5, 0.6) is 0 Å². The van der Waals surface area contributed by atoms with Crippen LogP contribution >= 0.6 is 0 Å². The maximum absolute atomic E-state index is 12.2. The molecule has 0 radical (unpaired) electrons. The number of anilines is 1. The monoisotopic (exact) mass is 331 g/mol. The van der Waals surface area contributed by atoms with E-state index in [0.717, 1.165) is 16.8 Å². The smallest absolute Gasteiger partial charge is 0.238 e. The number of nitrogens with zero attached hydrogens (tertiary/aromatic N) is 1. The molecule has 0 spiro atoms. The Bertz CT molecular complexity index is 600. The summed E-state index contributed by atoms with van der Waals surface area (Å²) in [5.41, 5.74) is 4.16. The zero-order chi connectivity index (χ0) is 17.9. The first kappa shape index (κ1) is 18.5. The van der Waals surface area contributed by atoms with Crippen LogP contribution in [0.3, 0.4) is 0 Å². The van der Waals surface area contributed by atoms with Gasteiger partial charge in [0.1, 0.15) is 0 Å². The number of carbonyl (C=O) groups is 2. The van der Waals surface area contributed by atoms with E-state index in [2.05, 4.69) is 22.8 Å². The minimum Gasteiger partial charge on any atom is -0.352 e. The average Bonchev–Trinajstić information content (AvgIpc) is 3.26. The summed E-state index contributed by atoms with van der Waals surface area (Å²) in [5.74, 6) is 0.512. The molecule has 1 fully saturated rings. The van der Waals surface area contributed by atoms with Crippen LogP contribution in [-0.4, -0.2) is 42.9 Å². The van der Waals surface area contributed by atoms with Crippen LogP contribution in [0, 0.1) is 26.7 Å². The number of likely N-dealkylation sites (N-methyl/N-ethyl adjacent to an activating group) is 1. The number of nitrogens with one attached hydrogen (secondary N) is 2. The van der Waals surface area contributed by atoms with Gasteiger partial charge in [-0.2, -0.15) is 0 Å². The normalized spacial score (nSPS) is 15.2. The molecule has 0 bridgehead atoms. The number of amides is 2. The second-order valence-corrected chi connectivity index (χ2v) is 7.19. The van der Waals surface area contributed by atoms with E-state index in [1.54, 1.807) is 11.9 Å². The predicted octanol–water partition coefficient (Wildman–Crippen LogP) is 2.40. The molecule has 5 heteroatoms. The molecule has 1 atom stereocenters. The van der Waals surface area contributed by atoms with Crippen LogP contribution < -0.4 is 10.6 Å². The molecular formula is C19H29N3O2. The fraction of sp³-hybridized carbons (Fsp3) is 0.579. The van der Waals surface area contributed by atoms with Crippen LogP contribution in [0.15, 0.2) is 12.1 Å². The molecule has 5 nitrogen and oxygen atoms in total. The Balaban J connectivity index is 1.82. The number of carbonyl (C=O) groups excluding carboxylic acids is 2. The van der Waals surface area contributed by atoms with Gasteiger partial charge in [-0.3, -0.25) is 14.5 Å². The molecule has 1 unspecified atom stereocenters. The summed E-state index contributed by atoms with van der Waals surface area (Å²) in [7, 11) is 1.79. The van der Waals surface area contributed by atoms with Gasteiger partial charge in [-0.05, 0) is 64.6 Å². The van der Waals surface area contributed by atoms with Crippen LogP contribution in [-0.2, 0) is 9.59 Å². The highest BCUT2D eigenvalue weighted by Gasteiger charge is 2.29. The highest BCUT2D eigenvalue weighted by Crippen LogP contribution is 2.32. The van der Waals surface area contributed by atoms with Crippen LogP contribution in [0.4, 0.5) is 5.69 Å². The van der Waals surface area contributed by atoms with Gasteiger partial charge in [-0.15, -0.1) is 0 Å². The van der Waals surface area contributed by atoms with E-state index in [4.69, 9.17) is 0 Å². The van der Waals surface area contributed by atoms with Crippen molar-refractivity contribution in [3.8, 4) is 0 Å². The van der Waals surface area contributed by atoms with Crippen molar-refractivity contribution < 1.29 is 9.59 Å². The molecule has 0 saturated heterocycles. The Morgan fingerprint density at radius 3 is 2.21 bits per heavy atom. The van der Waals surface area contributed by atoms with Gasteiger partial charge in [0.05, 0.1) is 13.1 Å². The first-order chi connectivity index (χ1) is 11.3. The standard InChI is InChI=1S/C19H29N3O2/c1-12-8-13(2)19(14(3)9-12)21-18(24)11-22(5)10-17(23)20-15(4)16-6-7-16/h8-9,15-16H,6-7,10-11H2,1-5H3,(H,20,23)(H,21,24). The summed E-state index contributed by atoms with van der Waals surface area (Å²) >= 11 is 0. The van der Waals surface area contributed by atoms with Crippen molar-refractivity contribution in [3.05, 3.63) is 28.8 Å². The van der Waals surface area contributed by atoms with Crippen molar-refractivity contribution >= 4 is 17.5 Å². The SMILES string of the molecule is Cc1cc(C)c(NC(=O)CN(C)CC(=O)NC(C)C2CC2)c(C)c1. The number of rotatable bonds is 7. The van der Waals surface area contributed by atoms with E-state index >= 15 is 0 Å². The molecule has 0 aliphatic heterocycles. The maximum atomic E-state index is 12.2. The van der Waals surface area contributed by atoms with Crippen LogP contribution in [0.25, 0.3) is 0 Å².